The molecule has 3 aliphatic heterocycles. The number of nitrogens with zero attached hydrogens (tertiary/aromatic N) is 1. The predicted molar refractivity (Wildman–Crippen MR) is 179 cm³/mol. The lowest BCUT2D eigenvalue weighted by atomic mass is 9.45. The van der Waals surface area contributed by atoms with E-state index in [2.05, 4.69) is 25.8 Å². The molecule has 1 aromatic rings. The fraction of sp³-hybridized carbons (Fsp3) is 0.750. The van der Waals surface area contributed by atoms with Crippen LogP contribution in [0, 0.1) is 34.5 Å². The van der Waals surface area contributed by atoms with Crippen LogP contribution < -0.4 is 0 Å². The lowest BCUT2D eigenvalue weighted by Crippen LogP contribution is -2.54. The number of Topliss-reactive ketones (excluding diaryl/α,β-unsaturated/α-hetero) is 1. The van der Waals surface area contributed by atoms with Gasteiger partial charge in [0.05, 0.1) is 12.8 Å². The van der Waals surface area contributed by atoms with E-state index in [1.54, 1.807) is 0 Å². The van der Waals surface area contributed by atoms with Crippen LogP contribution in [-0.4, -0.2) is 78.7 Å². The number of ether oxygens (including phenoxy) is 4. The molecule has 9 nitrogen and oxygen atoms in total. The molecule has 3 saturated heterocycles. The molecule has 4 aliphatic carbocycles. The van der Waals surface area contributed by atoms with Crippen LogP contribution in [0.5, 0.6) is 0 Å². The normalized spacial score (nSPS) is 42.6. The van der Waals surface area contributed by atoms with Crippen molar-refractivity contribution in [2.75, 3.05) is 13.7 Å². The second-order valence-corrected chi connectivity index (χ2v) is 17.0. The number of esters is 3. The number of ketones is 1. The fourth-order valence-corrected chi connectivity index (χ4v) is 11.8. The third-order valence-corrected chi connectivity index (χ3v) is 14.7. The molecule has 0 aromatic heterocycles. The summed E-state index contributed by atoms with van der Waals surface area (Å²) in [5.74, 6) is 0.824. The number of carbonyl (C=O) groups is 4. The number of piperidine rings is 1. The molecule has 0 N–H and O–H groups in total. The van der Waals surface area contributed by atoms with Crippen molar-refractivity contribution in [3.63, 3.8) is 0 Å². The Morgan fingerprint density at radius 3 is 2.35 bits per heavy atom. The maximum absolute atomic E-state index is 13.5. The summed E-state index contributed by atoms with van der Waals surface area (Å²) < 4.78 is 23.3. The molecule has 0 spiro atoms. The average molecular weight is 676 g/mol. The highest BCUT2D eigenvalue weighted by atomic mass is 16.6. The number of morpholine rings is 1. The molecular weight excluding hydrogens is 622 g/mol. The van der Waals surface area contributed by atoms with Crippen molar-refractivity contribution in [2.24, 2.45) is 34.5 Å². The second kappa shape index (κ2) is 12.8. The van der Waals surface area contributed by atoms with Gasteiger partial charge in [-0.2, -0.15) is 0 Å². The van der Waals surface area contributed by atoms with E-state index in [9.17, 15) is 19.2 Å². The summed E-state index contributed by atoms with van der Waals surface area (Å²) in [6.45, 7) is 4.57. The van der Waals surface area contributed by atoms with Gasteiger partial charge in [0.1, 0.15) is 42.7 Å². The Morgan fingerprint density at radius 1 is 0.857 bits per heavy atom. The molecule has 0 amide bonds. The first-order chi connectivity index (χ1) is 23.5. The van der Waals surface area contributed by atoms with Gasteiger partial charge in [-0.3, -0.25) is 24.1 Å². The number of hydrogen-bond donors (Lipinski definition) is 0. The highest BCUT2D eigenvalue weighted by Gasteiger charge is 2.63. The number of hydrogen-bond acceptors (Lipinski definition) is 9. The van der Waals surface area contributed by atoms with Crippen LogP contribution >= 0.6 is 0 Å². The first-order valence-corrected chi connectivity index (χ1v) is 19.1. The van der Waals surface area contributed by atoms with Crippen LogP contribution in [0.25, 0.3) is 0 Å². The summed E-state index contributed by atoms with van der Waals surface area (Å²) >= 11 is 0. The van der Waals surface area contributed by atoms with E-state index in [0.717, 1.165) is 69.8 Å². The highest BCUT2D eigenvalue weighted by molar-refractivity contribution is 5.87. The van der Waals surface area contributed by atoms with Crippen molar-refractivity contribution in [3.05, 3.63) is 35.9 Å². The van der Waals surface area contributed by atoms with Crippen molar-refractivity contribution < 1.29 is 38.1 Å². The lowest BCUT2D eigenvalue weighted by molar-refractivity contribution is -0.165. The summed E-state index contributed by atoms with van der Waals surface area (Å²) in [6.07, 6.45) is 10.6. The average Bonchev–Trinajstić information content (AvgIpc) is 3.79. The molecular formula is C40H53NO8. The molecule has 3 heterocycles. The van der Waals surface area contributed by atoms with Crippen LogP contribution in [0.4, 0.5) is 0 Å². The van der Waals surface area contributed by atoms with E-state index in [4.69, 9.17) is 18.9 Å². The third-order valence-electron chi connectivity index (χ3n) is 14.7. The monoisotopic (exact) mass is 675 g/mol. The van der Waals surface area contributed by atoms with Crippen molar-refractivity contribution in [1.82, 2.24) is 4.90 Å². The molecule has 8 rings (SSSR count). The molecule has 13 atom stereocenters. The van der Waals surface area contributed by atoms with Crippen LogP contribution in [0.1, 0.15) is 109 Å². The molecule has 9 heteroatoms. The van der Waals surface area contributed by atoms with Gasteiger partial charge >= 0.3 is 17.9 Å². The zero-order chi connectivity index (χ0) is 34.1. The van der Waals surface area contributed by atoms with Crippen molar-refractivity contribution >= 4 is 23.7 Å². The Hall–Kier alpha value is -2.78. The van der Waals surface area contributed by atoms with Gasteiger partial charge in [-0.15, -0.1) is 0 Å². The lowest BCUT2D eigenvalue weighted by Gasteiger charge is -2.60. The minimum Gasteiger partial charge on any atom is -0.464 e. The standard InChI is InChI=1S/C40H53NO8/c1-39-17-15-25(19-24(39)9-10-27-29-11-12-33(42)40(29,2)18-16-30(27)39)47-35(44)14-13-34(43)46-22-28(23-7-5-4-6-8-23)38(45)48-26-20-31-36-37(49-36)32(21-26)41(31)3/h4-8,24-32,36-37H,9-22H2,1-3H3/t24-,25-,26?,27-,28?,29-,30-,31?,32?,36-,37+,39-,40-/m0/s1. The zero-order valence-electron chi connectivity index (χ0n) is 29.4. The van der Waals surface area contributed by atoms with Gasteiger partial charge in [0.2, 0.25) is 0 Å². The van der Waals surface area contributed by atoms with Crippen molar-refractivity contribution in [2.45, 2.75) is 140 Å². The molecule has 7 fully saturated rings. The van der Waals surface area contributed by atoms with Gasteiger partial charge in [0.15, 0.2) is 0 Å². The predicted octanol–water partition coefficient (Wildman–Crippen LogP) is 5.77. The first-order valence-electron chi connectivity index (χ1n) is 19.1. The smallest absolute Gasteiger partial charge is 0.317 e. The Morgan fingerprint density at radius 2 is 1.59 bits per heavy atom. The third kappa shape index (κ3) is 5.94. The molecule has 1 aromatic carbocycles. The Bertz CT molecular complexity index is 1450. The minimum absolute atomic E-state index is 0.0422. The van der Waals surface area contributed by atoms with Crippen LogP contribution in [0.2, 0.25) is 0 Å². The maximum Gasteiger partial charge on any atom is 0.317 e. The summed E-state index contributed by atoms with van der Waals surface area (Å²) in [5, 5.41) is 0. The summed E-state index contributed by atoms with van der Waals surface area (Å²) in [6, 6.07) is 9.84. The Kier molecular flexibility index (Phi) is 8.69. The number of rotatable bonds is 9. The Labute approximate surface area is 290 Å². The number of carbonyl (C=O) groups excluding carboxylic acids is 4. The van der Waals surface area contributed by atoms with E-state index in [-0.39, 0.29) is 78.7 Å². The highest BCUT2D eigenvalue weighted by Crippen LogP contribution is 2.65. The van der Waals surface area contributed by atoms with E-state index >= 15 is 0 Å². The molecule has 2 bridgehead atoms. The molecule has 0 radical (unpaired) electrons. The van der Waals surface area contributed by atoms with Gasteiger partial charge in [-0.05, 0) is 93.1 Å². The van der Waals surface area contributed by atoms with Gasteiger partial charge in [-0.25, -0.2) is 0 Å². The van der Waals surface area contributed by atoms with Gasteiger partial charge in [-0.1, -0.05) is 44.2 Å². The van der Waals surface area contributed by atoms with Gasteiger partial charge in [0.25, 0.3) is 0 Å². The summed E-state index contributed by atoms with van der Waals surface area (Å²) in [5.41, 5.74) is 0.868. The van der Waals surface area contributed by atoms with E-state index in [1.807, 2.05) is 30.3 Å². The first kappa shape index (κ1) is 33.4. The Balaban J connectivity index is 0.804. The van der Waals surface area contributed by atoms with Crippen LogP contribution in [-0.2, 0) is 38.1 Å². The number of benzene rings is 1. The fourth-order valence-electron chi connectivity index (χ4n) is 11.8. The molecule has 266 valence electrons. The molecule has 4 saturated carbocycles. The van der Waals surface area contributed by atoms with E-state index in [0.29, 0.717) is 29.5 Å². The quantitative estimate of drug-likeness (QED) is 0.183. The number of fused-ring (bicyclic) bond motifs is 10. The molecule has 4 unspecified atom stereocenters. The maximum atomic E-state index is 13.5. The second-order valence-electron chi connectivity index (χ2n) is 17.0. The van der Waals surface area contributed by atoms with Gasteiger partial charge < -0.3 is 18.9 Å². The minimum atomic E-state index is -0.737. The van der Waals surface area contributed by atoms with Crippen LogP contribution in [0.15, 0.2) is 30.3 Å². The van der Waals surface area contributed by atoms with E-state index in [1.165, 1.54) is 6.42 Å². The van der Waals surface area contributed by atoms with Gasteiger partial charge in [0, 0.05) is 36.8 Å². The summed E-state index contributed by atoms with van der Waals surface area (Å²) in [4.78, 5) is 54.3. The van der Waals surface area contributed by atoms with Crippen molar-refractivity contribution in [3.8, 4) is 0 Å². The van der Waals surface area contributed by atoms with Crippen LogP contribution in [0.3, 0.4) is 0 Å². The SMILES string of the molecule is CN1C2CC(OC(=O)C(COC(=O)CCC(=O)O[C@H]3CC[C@@]4(C)[C@@H](CC[C@@H]5[C@@H]4CC[C@]4(C)C(=O)CC[C@@H]54)C3)c3ccccc3)CC1[C@@H]1O[C@H]21. The topological polar surface area (TPSA) is 112 Å². The molecule has 7 aliphatic rings. The van der Waals surface area contributed by atoms with Crippen molar-refractivity contribution in [1.29, 1.82) is 0 Å². The number of epoxide rings is 1. The van der Waals surface area contributed by atoms with E-state index < -0.39 is 11.9 Å². The summed E-state index contributed by atoms with van der Waals surface area (Å²) in [7, 11) is 2.12. The molecule has 49 heavy (non-hydrogen) atoms. The zero-order valence-corrected chi connectivity index (χ0v) is 29.4. The number of likely N-dealkylation sites (N-methyl/N-ethyl adjacent to an activating group) is 1. The largest absolute Gasteiger partial charge is 0.464 e.